The van der Waals surface area contributed by atoms with E-state index in [1.807, 2.05) is 18.5 Å². The molecule has 2 aromatic rings. The van der Waals surface area contributed by atoms with Crippen LogP contribution in [0.2, 0.25) is 0 Å². The molecule has 0 N–H and O–H groups in total. The minimum absolute atomic E-state index is 0.116. The average Bonchev–Trinajstić information content (AvgIpc) is 3.13. The molecule has 1 fully saturated rings. The van der Waals surface area contributed by atoms with Gasteiger partial charge < -0.3 is 0 Å². The zero-order chi connectivity index (χ0) is 15.1. The summed E-state index contributed by atoms with van der Waals surface area (Å²) in [5, 5.41) is 12.1. The zero-order valence-electron chi connectivity index (χ0n) is 13.0. The number of rotatable bonds is 4. The highest BCUT2D eigenvalue weighted by atomic mass is 16.1. The maximum atomic E-state index is 11.9. The molecule has 5 heteroatoms. The second kappa shape index (κ2) is 5.06. The van der Waals surface area contributed by atoms with E-state index in [9.17, 15) is 4.79 Å². The summed E-state index contributed by atoms with van der Waals surface area (Å²) in [5.74, 6) is 1.60. The first-order valence-electron chi connectivity index (χ1n) is 7.35. The maximum Gasteiger partial charge on any atom is 0.160 e. The monoisotopic (exact) mass is 284 g/mol. The minimum atomic E-state index is 0.116. The summed E-state index contributed by atoms with van der Waals surface area (Å²) in [5.41, 5.74) is 5.27. The molecule has 21 heavy (non-hydrogen) atoms. The lowest BCUT2D eigenvalue weighted by Crippen LogP contribution is -2.12. The smallest absolute Gasteiger partial charge is 0.160 e. The molecular formula is C16H20N4O. The van der Waals surface area contributed by atoms with E-state index < -0.39 is 0 Å². The van der Waals surface area contributed by atoms with E-state index in [1.165, 1.54) is 18.4 Å². The molecule has 1 aliphatic rings. The van der Waals surface area contributed by atoms with Gasteiger partial charge in [-0.3, -0.25) is 4.79 Å². The molecule has 3 rings (SSSR count). The number of Topliss-reactive ketones (excluding diaryl/α,β-unsaturated/α-hetero) is 1. The fourth-order valence-corrected chi connectivity index (χ4v) is 3.12. The number of aryl methyl sites for hydroxylation is 2. The van der Waals surface area contributed by atoms with Crippen molar-refractivity contribution in [1.82, 2.24) is 20.2 Å². The number of ketones is 1. The van der Waals surface area contributed by atoms with Crippen molar-refractivity contribution in [3.8, 4) is 0 Å². The molecule has 0 radical (unpaired) electrons. The summed E-state index contributed by atoms with van der Waals surface area (Å²) < 4.78 is 1.88. The SMILES string of the molecule is CC(=O)c1c(C)cc(C)c(Cn2nnnc2C2CC2)c1C. The highest BCUT2D eigenvalue weighted by Gasteiger charge is 2.29. The second-order valence-electron chi connectivity index (χ2n) is 6.01. The molecule has 0 spiro atoms. The van der Waals surface area contributed by atoms with Crippen LogP contribution in [0.1, 0.15) is 64.1 Å². The van der Waals surface area contributed by atoms with E-state index >= 15 is 0 Å². The van der Waals surface area contributed by atoms with E-state index in [-0.39, 0.29) is 5.78 Å². The Morgan fingerprint density at radius 3 is 2.62 bits per heavy atom. The molecular weight excluding hydrogens is 264 g/mol. The lowest BCUT2D eigenvalue weighted by atomic mass is 9.91. The number of benzene rings is 1. The number of carbonyl (C=O) groups excluding carboxylic acids is 1. The maximum absolute atomic E-state index is 11.9. The normalized spacial score (nSPS) is 14.5. The third kappa shape index (κ3) is 2.48. The van der Waals surface area contributed by atoms with E-state index in [4.69, 9.17) is 0 Å². The number of carbonyl (C=O) groups is 1. The fraction of sp³-hybridized carbons (Fsp3) is 0.500. The molecule has 0 amide bonds. The Balaban J connectivity index is 2.04. The molecule has 1 aromatic heterocycles. The molecule has 1 aromatic carbocycles. The highest BCUT2D eigenvalue weighted by Crippen LogP contribution is 2.38. The molecule has 1 aliphatic carbocycles. The molecule has 5 nitrogen and oxygen atoms in total. The average molecular weight is 284 g/mol. The predicted octanol–water partition coefficient (Wildman–Crippen LogP) is 2.73. The summed E-state index contributed by atoms with van der Waals surface area (Å²) >= 11 is 0. The van der Waals surface area contributed by atoms with Gasteiger partial charge in [0.05, 0.1) is 6.54 Å². The van der Waals surface area contributed by atoms with Crippen molar-refractivity contribution in [1.29, 1.82) is 0 Å². The standard InChI is InChI=1S/C16H20N4O/c1-9-7-10(2)15(12(4)21)11(3)14(9)8-20-16(13-5-6-13)17-18-19-20/h7,13H,5-6,8H2,1-4H3. The molecule has 0 unspecified atom stereocenters. The van der Waals surface area contributed by atoms with Crippen LogP contribution in [0.3, 0.4) is 0 Å². The van der Waals surface area contributed by atoms with Gasteiger partial charge in [-0.2, -0.15) is 0 Å². The van der Waals surface area contributed by atoms with Crippen LogP contribution in [0.25, 0.3) is 0 Å². The fourth-order valence-electron chi connectivity index (χ4n) is 3.12. The van der Waals surface area contributed by atoms with Gasteiger partial charge in [0.25, 0.3) is 0 Å². The van der Waals surface area contributed by atoms with Gasteiger partial charge in [-0.05, 0) is 73.2 Å². The van der Waals surface area contributed by atoms with E-state index in [0.29, 0.717) is 12.5 Å². The van der Waals surface area contributed by atoms with Gasteiger partial charge in [-0.15, -0.1) is 5.10 Å². The summed E-state index contributed by atoms with van der Waals surface area (Å²) in [4.78, 5) is 11.9. The van der Waals surface area contributed by atoms with Crippen LogP contribution in [0.15, 0.2) is 6.07 Å². The van der Waals surface area contributed by atoms with Crippen LogP contribution in [0, 0.1) is 20.8 Å². The van der Waals surface area contributed by atoms with Crippen molar-refractivity contribution in [2.45, 2.75) is 53.0 Å². The highest BCUT2D eigenvalue weighted by molar-refractivity contribution is 5.97. The Hall–Kier alpha value is -2.04. The lowest BCUT2D eigenvalue weighted by molar-refractivity contribution is 0.101. The topological polar surface area (TPSA) is 60.7 Å². The van der Waals surface area contributed by atoms with Gasteiger partial charge in [-0.1, -0.05) is 6.07 Å². The number of nitrogens with zero attached hydrogens (tertiary/aromatic N) is 4. The van der Waals surface area contributed by atoms with Crippen LogP contribution < -0.4 is 0 Å². The summed E-state index contributed by atoms with van der Waals surface area (Å²) in [6.07, 6.45) is 2.34. The van der Waals surface area contributed by atoms with Crippen LogP contribution in [-0.2, 0) is 6.54 Å². The number of hydrogen-bond donors (Lipinski definition) is 0. The first kappa shape index (κ1) is 13.9. The Bertz CT molecular complexity index is 713. The van der Waals surface area contributed by atoms with Gasteiger partial charge in [0.2, 0.25) is 0 Å². The van der Waals surface area contributed by atoms with Crippen LogP contribution in [-0.4, -0.2) is 26.0 Å². The number of hydrogen-bond acceptors (Lipinski definition) is 4. The third-order valence-electron chi connectivity index (χ3n) is 4.29. The van der Waals surface area contributed by atoms with Crippen molar-refractivity contribution >= 4 is 5.78 Å². The van der Waals surface area contributed by atoms with Gasteiger partial charge >= 0.3 is 0 Å². The largest absolute Gasteiger partial charge is 0.294 e. The molecule has 0 atom stereocenters. The molecule has 1 heterocycles. The van der Waals surface area contributed by atoms with Gasteiger partial charge in [0, 0.05) is 11.5 Å². The zero-order valence-corrected chi connectivity index (χ0v) is 13.0. The van der Waals surface area contributed by atoms with Crippen molar-refractivity contribution in [3.63, 3.8) is 0 Å². The minimum Gasteiger partial charge on any atom is -0.294 e. The van der Waals surface area contributed by atoms with E-state index in [2.05, 4.69) is 28.5 Å². The second-order valence-corrected chi connectivity index (χ2v) is 6.01. The third-order valence-corrected chi connectivity index (χ3v) is 4.29. The predicted molar refractivity (Wildman–Crippen MR) is 79.6 cm³/mol. The summed E-state index contributed by atoms with van der Waals surface area (Å²) in [7, 11) is 0. The van der Waals surface area contributed by atoms with Gasteiger partial charge in [0.15, 0.2) is 11.6 Å². The van der Waals surface area contributed by atoms with Crippen molar-refractivity contribution in [3.05, 3.63) is 39.7 Å². The molecule has 0 saturated heterocycles. The molecule has 110 valence electrons. The van der Waals surface area contributed by atoms with Gasteiger partial charge in [-0.25, -0.2) is 4.68 Å². The quantitative estimate of drug-likeness (QED) is 0.810. The Morgan fingerprint density at radius 2 is 2.00 bits per heavy atom. The summed E-state index contributed by atoms with van der Waals surface area (Å²) in [6, 6.07) is 2.08. The molecule has 1 saturated carbocycles. The molecule has 0 aliphatic heterocycles. The van der Waals surface area contributed by atoms with Crippen LogP contribution in [0.4, 0.5) is 0 Å². The number of tetrazole rings is 1. The Labute approximate surface area is 124 Å². The first-order chi connectivity index (χ1) is 9.99. The van der Waals surface area contributed by atoms with E-state index in [1.54, 1.807) is 6.92 Å². The van der Waals surface area contributed by atoms with Crippen molar-refractivity contribution < 1.29 is 4.79 Å². The Morgan fingerprint density at radius 1 is 1.29 bits per heavy atom. The van der Waals surface area contributed by atoms with Crippen molar-refractivity contribution in [2.75, 3.05) is 0 Å². The first-order valence-corrected chi connectivity index (χ1v) is 7.35. The summed E-state index contributed by atoms with van der Waals surface area (Å²) in [6.45, 7) is 8.36. The van der Waals surface area contributed by atoms with E-state index in [0.717, 1.165) is 28.1 Å². The van der Waals surface area contributed by atoms with Crippen LogP contribution in [0.5, 0.6) is 0 Å². The lowest BCUT2D eigenvalue weighted by Gasteiger charge is -2.16. The Kier molecular flexibility index (Phi) is 3.35. The molecule has 0 bridgehead atoms. The number of aromatic nitrogens is 4. The van der Waals surface area contributed by atoms with Gasteiger partial charge in [0.1, 0.15) is 0 Å². The van der Waals surface area contributed by atoms with Crippen molar-refractivity contribution in [2.24, 2.45) is 0 Å². The van der Waals surface area contributed by atoms with Crippen LogP contribution >= 0.6 is 0 Å².